The highest BCUT2D eigenvalue weighted by Crippen LogP contribution is 2.23. The molecule has 6 heteroatoms. The molecular weight excluding hydrogens is 336 g/mol. The fourth-order valence-electron chi connectivity index (χ4n) is 2.29. The van der Waals surface area contributed by atoms with Crippen LogP contribution in [0.2, 0.25) is 0 Å². The van der Waals surface area contributed by atoms with Gasteiger partial charge in [-0.3, -0.25) is 9.59 Å². The van der Waals surface area contributed by atoms with Crippen LogP contribution in [0, 0.1) is 6.92 Å². The highest BCUT2D eigenvalue weighted by molar-refractivity contribution is 7.09. The number of esters is 1. The van der Waals surface area contributed by atoms with Gasteiger partial charge in [-0.2, -0.15) is 0 Å². The molecule has 0 aliphatic carbocycles. The largest absolute Gasteiger partial charge is 0.427 e. The Kier molecular flexibility index (Phi) is 4.90. The quantitative estimate of drug-likeness (QED) is 0.562. The van der Waals surface area contributed by atoms with Crippen molar-refractivity contribution in [2.75, 3.05) is 5.32 Å². The summed E-state index contributed by atoms with van der Waals surface area (Å²) in [7, 11) is 0. The number of aromatic nitrogens is 1. The topological polar surface area (TPSA) is 68.3 Å². The van der Waals surface area contributed by atoms with Gasteiger partial charge in [-0.1, -0.05) is 18.2 Å². The first-order valence-corrected chi connectivity index (χ1v) is 8.51. The molecule has 0 aliphatic rings. The van der Waals surface area contributed by atoms with Gasteiger partial charge >= 0.3 is 5.97 Å². The van der Waals surface area contributed by atoms with Crippen LogP contribution in [0.4, 0.5) is 5.69 Å². The summed E-state index contributed by atoms with van der Waals surface area (Å²) in [6.45, 7) is 3.28. The lowest BCUT2D eigenvalue weighted by Crippen LogP contribution is -2.12. The van der Waals surface area contributed by atoms with Crippen molar-refractivity contribution in [3.8, 4) is 17.0 Å². The van der Waals surface area contributed by atoms with E-state index in [1.54, 1.807) is 29.5 Å². The molecule has 0 saturated heterocycles. The van der Waals surface area contributed by atoms with E-state index >= 15 is 0 Å². The summed E-state index contributed by atoms with van der Waals surface area (Å²) >= 11 is 1.60. The first-order valence-electron chi connectivity index (χ1n) is 7.63. The number of carbonyl (C=O) groups is 2. The third-order valence-corrected chi connectivity index (χ3v) is 4.19. The number of thiazole rings is 1. The summed E-state index contributed by atoms with van der Waals surface area (Å²) in [6, 6.07) is 14.0. The Balaban J connectivity index is 1.71. The fraction of sp³-hybridized carbons (Fsp3) is 0.105. The molecule has 0 atom stereocenters. The van der Waals surface area contributed by atoms with Crippen molar-refractivity contribution in [1.82, 2.24) is 4.98 Å². The minimum atomic E-state index is -0.426. The summed E-state index contributed by atoms with van der Waals surface area (Å²) in [5.41, 5.74) is 3.02. The van der Waals surface area contributed by atoms with Crippen LogP contribution in [-0.4, -0.2) is 16.9 Å². The SMILES string of the molecule is CC(=O)Oc1cccc(C(=O)Nc2ccc(-c3csc(C)n3)cc2)c1. The average Bonchev–Trinajstić information content (AvgIpc) is 3.01. The number of ether oxygens (including phenoxy) is 1. The zero-order valence-electron chi connectivity index (χ0n) is 13.8. The van der Waals surface area contributed by atoms with E-state index in [4.69, 9.17) is 4.74 Å². The van der Waals surface area contributed by atoms with Crippen molar-refractivity contribution in [1.29, 1.82) is 0 Å². The zero-order chi connectivity index (χ0) is 17.8. The number of rotatable bonds is 4. The summed E-state index contributed by atoms with van der Waals surface area (Å²) in [6.07, 6.45) is 0. The van der Waals surface area contributed by atoms with Gasteiger partial charge < -0.3 is 10.1 Å². The van der Waals surface area contributed by atoms with Gasteiger partial charge in [0.2, 0.25) is 0 Å². The molecule has 1 amide bonds. The van der Waals surface area contributed by atoms with Crippen LogP contribution in [0.3, 0.4) is 0 Å². The van der Waals surface area contributed by atoms with Crippen molar-refractivity contribution < 1.29 is 14.3 Å². The third-order valence-electron chi connectivity index (χ3n) is 3.42. The van der Waals surface area contributed by atoms with Crippen molar-refractivity contribution in [2.45, 2.75) is 13.8 Å². The van der Waals surface area contributed by atoms with Crippen molar-refractivity contribution >= 4 is 28.9 Å². The Morgan fingerprint density at radius 1 is 1.12 bits per heavy atom. The minimum absolute atomic E-state index is 0.272. The molecule has 5 nitrogen and oxygen atoms in total. The predicted octanol–water partition coefficient (Wildman–Crippen LogP) is 4.30. The summed E-state index contributed by atoms with van der Waals surface area (Å²) in [5.74, 6) is -0.355. The van der Waals surface area contributed by atoms with Crippen LogP contribution in [-0.2, 0) is 4.79 Å². The Morgan fingerprint density at radius 2 is 1.88 bits per heavy atom. The first kappa shape index (κ1) is 16.9. The number of hydrogen-bond donors (Lipinski definition) is 1. The van der Waals surface area contributed by atoms with Gasteiger partial charge in [0, 0.05) is 29.1 Å². The second-order valence-corrected chi connectivity index (χ2v) is 6.47. The standard InChI is InChI=1S/C19H16N2O3S/c1-12-20-18(11-25-12)14-6-8-16(9-7-14)21-19(23)15-4-3-5-17(10-15)24-13(2)22/h3-11H,1-2H3,(H,21,23). The number of nitrogens with zero attached hydrogens (tertiary/aromatic N) is 1. The van der Waals surface area contributed by atoms with Crippen LogP contribution in [0.15, 0.2) is 53.9 Å². The molecule has 2 aromatic carbocycles. The molecule has 0 spiro atoms. The highest BCUT2D eigenvalue weighted by atomic mass is 32.1. The highest BCUT2D eigenvalue weighted by Gasteiger charge is 2.09. The number of nitrogens with one attached hydrogen (secondary N) is 1. The molecule has 0 aliphatic heterocycles. The maximum atomic E-state index is 12.3. The number of hydrogen-bond acceptors (Lipinski definition) is 5. The molecule has 3 aromatic rings. The van der Waals surface area contributed by atoms with Crippen LogP contribution in [0.5, 0.6) is 5.75 Å². The van der Waals surface area contributed by atoms with Gasteiger partial charge in [-0.05, 0) is 37.3 Å². The minimum Gasteiger partial charge on any atom is -0.427 e. The number of aryl methyl sites for hydroxylation is 1. The average molecular weight is 352 g/mol. The molecule has 1 heterocycles. The van der Waals surface area contributed by atoms with E-state index in [2.05, 4.69) is 10.3 Å². The molecule has 126 valence electrons. The van der Waals surface area contributed by atoms with E-state index in [1.165, 1.54) is 13.0 Å². The lowest BCUT2D eigenvalue weighted by atomic mass is 10.1. The maximum absolute atomic E-state index is 12.3. The Labute approximate surface area is 149 Å². The van der Waals surface area contributed by atoms with Crippen LogP contribution >= 0.6 is 11.3 Å². The Morgan fingerprint density at radius 3 is 2.52 bits per heavy atom. The fourth-order valence-corrected chi connectivity index (χ4v) is 2.91. The number of anilines is 1. The first-order chi connectivity index (χ1) is 12.0. The molecular formula is C19H16N2O3S. The maximum Gasteiger partial charge on any atom is 0.308 e. The van der Waals surface area contributed by atoms with Gasteiger partial charge in [-0.15, -0.1) is 11.3 Å². The van der Waals surface area contributed by atoms with Gasteiger partial charge in [0.25, 0.3) is 5.91 Å². The molecule has 3 rings (SSSR count). The van der Waals surface area contributed by atoms with Gasteiger partial charge in [-0.25, -0.2) is 4.98 Å². The summed E-state index contributed by atoms with van der Waals surface area (Å²) in [5, 5.41) is 5.84. The van der Waals surface area contributed by atoms with Gasteiger partial charge in [0.1, 0.15) is 5.75 Å². The number of carbonyl (C=O) groups excluding carboxylic acids is 2. The number of amides is 1. The van der Waals surface area contributed by atoms with E-state index in [-0.39, 0.29) is 5.91 Å². The molecule has 1 N–H and O–H groups in total. The van der Waals surface area contributed by atoms with E-state index in [1.807, 2.05) is 36.6 Å². The predicted molar refractivity (Wildman–Crippen MR) is 98.0 cm³/mol. The second-order valence-electron chi connectivity index (χ2n) is 5.40. The smallest absolute Gasteiger partial charge is 0.308 e. The molecule has 0 saturated carbocycles. The Hall–Kier alpha value is -2.99. The monoisotopic (exact) mass is 352 g/mol. The third kappa shape index (κ3) is 4.30. The Bertz CT molecular complexity index is 916. The number of benzene rings is 2. The van der Waals surface area contributed by atoms with Crippen LogP contribution < -0.4 is 10.1 Å². The second kappa shape index (κ2) is 7.27. The van der Waals surface area contributed by atoms with Crippen LogP contribution in [0.1, 0.15) is 22.3 Å². The van der Waals surface area contributed by atoms with E-state index < -0.39 is 5.97 Å². The molecule has 0 radical (unpaired) electrons. The normalized spacial score (nSPS) is 10.3. The van der Waals surface area contributed by atoms with Crippen molar-refractivity contribution in [2.24, 2.45) is 0 Å². The summed E-state index contributed by atoms with van der Waals surface area (Å²) in [4.78, 5) is 27.8. The molecule has 1 aromatic heterocycles. The van der Waals surface area contributed by atoms with Gasteiger partial charge in [0.05, 0.1) is 10.7 Å². The van der Waals surface area contributed by atoms with Gasteiger partial charge in [0.15, 0.2) is 0 Å². The molecule has 0 unspecified atom stereocenters. The zero-order valence-corrected chi connectivity index (χ0v) is 14.6. The van der Waals surface area contributed by atoms with Crippen molar-refractivity contribution in [3.05, 3.63) is 64.5 Å². The summed E-state index contributed by atoms with van der Waals surface area (Å²) < 4.78 is 5.00. The van der Waals surface area contributed by atoms with E-state index in [0.29, 0.717) is 17.0 Å². The van der Waals surface area contributed by atoms with Crippen LogP contribution in [0.25, 0.3) is 11.3 Å². The lowest BCUT2D eigenvalue weighted by molar-refractivity contribution is -0.131. The van der Waals surface area contributed by atoms with Crippen molar-refractivity contribution in [3.63, 3.8) is 0 Å². The van der Waals surface area contributed by atoms with E-state index in [0.717, 1.165) is 16.3 Å². The molecule has 0 bridgehead atoms. The molecule has 25 heavy (non-hydrogen) atoms. The van der Waals surface area contributed by atoms with E-state index in [9.17, 15) is 9.59 Å². The molecule has 0 fully saturated rings. The lowest BCUT2D eigenvalue weighted by Gasteiger charge is -2.07.